The van der Waals surface area contributed by atoms with Crippen LogP contribution in [0, 0.1) is 6.92 Å². The van der Waals surface area contributed by atoms with Crippen molar-refractivity contribution >= 4 is 0 Å². The number of aromatic nitrogens is 1. The van der Waals surface area contributed by atoms with E-state index in [1.165, 1.54) is 5.56 Å². The largest absolute Gasteiger partial charge is 0.310 e. The van der Waals surface area contributed by atoms with E-state index in [4.69, 9.17) is 0 Å². The van der Waals surface area contributed by atoms with Crippen molar-refractivity contribution in [3.05, 3.63) is 29.6 Å². The van der Waals surface area contributed by atoms with E-state index in [2.05, 4.69) is 36.3 Å². The van der Waals surface area contributed by atoms with E-state index in [0.29, 0.717) is 0 Å². The van der Waals surface area contributed by atoms with E-state index >= 15 is 0 Å². The predicted molar refractivity (Wildman–Crippen MR) is 51.1 cm³/mol. The van der Waals surface area contributed by atoms with Gasteiger partial charge in [-0.3, -0.25) is 4.98 Å². The normalized spacial score (nSPS) is 11.7. The van der Waals surface area contributed by atoms with Gasteiger partial charge in [-0.1, -0.05) is 6.07 Å². The summed E-state index contributed by atoms with van der Waals surface area (Å²) in [5.74, 6) is 0. The molecule has 2 nitrogen and oxygen atoms in total. The molecule has 2 heteroatoms. The Morgan fingerprint density at radius 2 is 2.00 bits per heavy atom. The Morgan fingerprint density at radius 1 is 1.33 bits per heavy atom. The summed E-state index contributed by atoms with van der Waals surface area (Å²) in [6.07, 6.45) is 1.90. The highest BCUT2D eigenvalue weighted by molar-refractivity contribution is 5.17. The van der Waals surface area contributed by atoms with Crippen LogP contribution in [0.4, 0.5) is 0 Å². The summed E-state index contributed by atoms with van der Waals surface area (Å²) in [7, 11) is 1.95. The molecule has 0 spiro atoms. The number of nitrogens with one attached hydrogen (secondary N) is 1. The minimum atomic E-state index is -0.0340. The number of aryl methyl sites for hydroxylation is 1. The van der Waals surface area contributed by atoms with Gasteiger partial charge in [0.25, 0.3) is 0 Å². The second-order valence-electron chi connectivity index (χ2n) is 3.60. The molecule has 0 aromatic carbocycles. The van der Waals surface area contributed by atoms with Gasteiger partial charge < -0.3 is 5.32 Å². The maximum atomic E-state index is 4.36. The van der Waals surface area contributed by atoms with Gasteiger partial charge in [0.05, 0.1) is 11.2 Å². The molecular formula is C10H16N2. The third kappa shape index (κ3) is 1.83. The van der Waals surface area contributed by atoms with Crippen molar-refractivity contribution in [1.29, 1.82) is 0 Å². The standard InChI is InChI=1S/C10H16N2/c1-8-5-6-9(12-7-8)10(2,3)11-4/h5-7,11H,1-4H3. The van der Waals surface area contributed by atoms with Crippen LogP contribution < -0.4 is 5.32 Å². The Hall–Kier alpha value is -0.890. The molecule has 0 aliphatic rings. The maximum Gasteiger partial charge on any atom is 0.0599 e. The van der Waals surface area contributed by atoms with Gasteiger partial charge in [0.2, 0.25) is 0 Å². The lowest BCUT2D eigenvalue weighted by molar-refractivity contribution is 0.431. The SMILES string of the molecule is CNC(C)(C)c1ccc(C)cn1. The van der Waals surface area contributed by atoms with Gasteiger partial charge in [0.1, 0.15) is 0 Å². The third-order valence-corrected chi connectivity index (χ3v) is 2.18. The van der Waals surface area contributed by atoms with Crippen molar-refractivity contribution in [2.24, 2.45) is 0 Å². The van der Waals surface area contributed by atoms with Gasteiger partial charge >= 0.3 is 0 Å². The van der Waals surface area contributed by atoms with Crippen LogP contribution in [0.3, 0.4) is 0 Å². The minimum Gasteiger partial charge on any atom is -0.310 e. The first-order chi connectivity index (χ1) is 5.56. The smallest absolute Gasteiger partial charge is 0.0599 e. The van der Waals surface area contributed by atoms with Gasteiger partial charge in [-0.15, -0.1) is 0 Å². The Labute approximate surface area is 74.0 Å². The van der Waals surface area contributed by atoms with Crippen LogP contribution in [-0.4, -0.2) is 12.0 Å². The molecule has 0 saturated heterocycles. The molecule has 0 saturated carbocycles. The summed E-state index contributed by atoms with van der Waals surface area (Å²) in [6, 6.07) is 4.15. The number of hydrogen-bond acceptors (Lipinski definition) is 2. The average Bonchev–Trinajstić information content (AvgIpc) is 2.05. The zero-order valence-corrected chi connectivity index (χ0v) is 8.18. The van der Waals surface area contributed by atoms with E-state index in [1.807, 2.05) is 20.2 Å². The molecule has 0 radical (unpaired) electrons. The van der Waals surface area contributed by atoms with Crippen LogP contribution in [0.5, 0.6) is 0 Å². The quantitative estimate of drug-likeness (QED) is 0.721. The summed E-state index contributed by atoms with van der Waals surface area (Å²) < 4.78 is 0. The second kappa shape index (κ2) is 3.23. The number of rotatable bonds is 2. The lowest BCUT2D eigenvalue weighted by atomic mass is 10.00. The molecule has 0 aliphatic heterocycles. The van der Waals surface area contributed by atoms with Crippen LogP contribution in [0.15, 0.2) is 18.3 Å². The first-order valence-electron chi connectivity index (χ1n) is 4.18. The molecule has 0 amide bonds. The fourth-order valence-electron chi connectivity index (χ4n) is 0.966. The van der Waals surface area contributed by atoms with Crippen LogP contribution in [-0.2, 0) is 5.54 Å². The molecular weight excluding hydrogens is 148 g/mol. The molecule has 0 unspecified atom stereocenters. The Kier molecular flexibility index (Phi) is 2.48. The third-order valence-electron chi connectivity index (χ3n) is 2.18. The highest BCUT2D eigenvalue weighted by atomic mass is 15.0. The van der Waals surface area contributed by atoms with Crippen molar-refractivity contribution in [3.63, 3.8) is 0 Å². The van der Waals surface area contributed by atoms with Gasteiger partial charge in [-0.2, -0.15) is 0 Å². The lowest BCUT2D eigenvalue weighted by Gasteiger charge is -2.23. The van der Waals surface area contributed by atoms with Gasteiger partial charge in [0.15, 0.2) is 0 Å². The van der Waals surface area contributed by atoms with E-state index in [0.717, 1.165) is 5.69 Å². The molecule has 0 aliphatic carbocycles. The monoisotopic (exact) mass is 164 g/mol. The first kappa shape index (κ1) is 9.20. The minimum absolute atomic E-state index is 0.0340. The molecule has 1 rings (SSSR count). The molecule has 0 fully saturated rings. The average molecular weight is 164 g/mol. The molecule has 0 atom stereocenters. The molecule has 1 aromatic heterocycles. The summed E-state index contributed by atoms with van der Waals surface area (Å²) >= 11 is 0. The van der Waals surface area contributed by atoms with Crippen molar-refractivity contribution in [2.45, 2.75) is 26.3 Å². The Balaban J connectivity index is 2.96. The topological polar surface area (TPSA) is 24.9 Å². The van der Waals surface area contributed by atoms with Crippen LogP contribution in [0.25, 0.3) is 0 Å². The Bertz CT molecular complexity index is 249. The molecule has 1 heterocycles. The molecule has 0 bridgehead atoms. The number of pyridine rings is 1. The molecule has 66 valence electrons. The molecule has 12 heavy (non-hydrogen) atoms. The number of hydrogen-bond donors (Lipinski definition) is 1. The highest BCUT2D eigenvalue weighted by Gasteiger charge is 2.18. The van der Waals surface area contributed by atoms with Crippen LogP contribution >= 0.6 is 0 Å². The van der Waals surface area contributed by atoms with Gasteiger partial charge in [-0.25, -0.2) is 0 Å². The van der Waals surface area contributed by atoms with Gasteiger partial charge in [0, 0.05) is 6.20 Å². The fourth-order valence-corrected chi connectivity index (χ4v) is 0.966. The zero-order chi connectivity index (χ0) is 9.19. The summed E-state index contributed by atoms with van der Waals surface area (Å²) in [5.41, 5.74) is 2.24. The second-order valence-corrected chi connectivity index (χ2v) is 3.60. The molecule has 1 aromatic rings. The van der Waals surface area contributed by atoms with Crippen molar-refractivity contribution in [3.8, 4) is 0 Å². The van der Waals surface area contributed by atoms with Crippen molar-refractivity contribution in [1.82, 2.24) is 10.3 Å². The zero-order valence-electron chi connectivity index (χ0n) is 8.18. The number of nitrogens with zero attached hydrogens (tertiary/aromatic N) is 1. The summed E-state index contributed by atoms with van der Waals surface area (Å²) in [5, 5.41) is 3.21. The van der Waals surface area contributed by atoms with E-state index in [9.17, 15) is 0 Å². The van der Waals surface area contributed by atoms with Crippen molar-refractivity contribution in [2.75, 3.05) is 7.05 Å². The predicted octanol–water partition coefficient (Wildman–Crippen LogP) is 1.84. The van der Waals surface area contributed by atoms with Crippen molar-refractivity contribution < 1.29 is 0 Å². The van der Waals surface area contributed by atoms with E-state index in [1.54, 1.807) is 0 Å². The van der Waals surface area contributed by atoms with Gasteiger partial charge in [-0.05, 0) is 39.4 Å². The van der Waals surface area contributed by atoms with E-state index in [-0.39, 0.29) is 5.54 Å². The fraction of sp³-hybridized carbons (Fsp3) is 0.500. The highest BCUT2D eigenvalue weighted by Crippen LogP contribution is 2.16. The molecule has 1 N–H and O–H groups in total. The maximum absolute atomic E-state index is 4.36. The summed E-state index contributed by atoms with van der Waals surface area (Å²) in [4.78, 5) is 4.36. The Morgan fingerprint density at radius 3 is 2.42 bits per heavy atom. The van der Waals surface area contributed by atoms with Crippen LogP contribution in [0.2, 0.25) is 0 Å². The van der Waals surface area contributed by atoms with E-state index < -0.39 is 0 Å². The lowest BCUT2D eigenvalue weighted by Crippen LogP contribution is -2.33. The summed E-state index contributed by atoms with van der Waals surface area (Å²) in [6.45, 7) is 6.28. The first-order valence-corrected chi connectivity index (χ1v) is 4.18. The van der Waals surface area contributed by atoms with Crippen LogP contribution in [0.1, 0.15) is 25.1 Å².